The minimum atomic E-state index is -3.38. The van der Waals surface area contributed by atoms with Crippen molar-refractivity contribution in [1.82, 2.24) is 4.90 Å². The van der Waals surface area contributed by atoms with Gasteiger partial charge in [0.05, 0.1) is 12.9 Å². The number of aliphatic hydroxyl groups excluding tert-OH is 1. The Morgan fingerprint density at radius 2 is 1.59 bits per heavy atom. The zero-order valence-corrected chi connectivity index (χ0v) is 24.1. The van der Waals surface area contributed by atoms with Crippen molar-refractivity contribution in [3.05, 3.63) is 84.4 Å². The van der Waals surface area contributed by atoms with Gasteiger partial charge in [0, 0.05) is 48.8 Å². The average molecular weight is 576 g/mol. The Morgan fingerprint density at radius 1 is 0.902 bits per heavy atom. The number of piperidine rings is 1. The first-order valence-electron chi connectivity index (χ1n) is 14.2. The largest absolute Gasteiger partial charge is 0.373 e. The van der Waals surface area contributed by atoms with Crippen molar-refractivity contribution >= 4 is 38.7 Å². The summed E-state index contributed by atoms with van der Waals surface area (Å²) < 4.78 is 25.7. The third-order valence-electron chi connectivity index (χ3n) is 8.61. The molecule has 41 heavy (non-hydrogen) atoms. The average Bonchev–Trinajstić information content (AvgIpc) is 3.43. The Labute approximate surface area is 242 Å². The van der Waals surface area contributed by atoms with Crippen LogP contribution >= 0.6 is 0 Å². The minimum absolute atomic E-state index is 0.0848. The number of amides is 1. The number of carbonyl (C=O) groups excluding carboxylic acids is 1. The first kappa shape index (κ1) is 27.6. The van der Waals surface area contributed by atoms with Gasteiger partial charge in [-0.2, -0.15) is 0 Å². The predicted molar refractivity (Wildman–Crippen MR) is 163 cm³/mol. The molecule has 1 spiro atoms. The standard InChI is InChI=1S/C31H37N5O4S/c1-41(39,40)32-25-12-14-26(15-13-25)35-23-36(27-9-3-2-4-10-27)31(30(35)38)16-20-33(21-17-31)18-7-19-34-28-11-6-5-8-24(28)22-29(34)37/h2-6,8-15,29,32,37H,7,16-23H2,1H3. The lowest BCUT2D eigenvalue weighted by atomic mass is 9.85. The molecule has 3 aliphatic heterocycles. The van der Waals surface area contributed by atoms with Gasteiger partial charge in [0.15, 0.2) is 0 Å². The van der Waals surface area contributed by atoms with Gasteiger partial charge in [-0.15, -0.1) is 0 Å². The number of anilines is 4. The first-order chi connectivity index (χ1) is 19.7. The number of sulfonamides is 1. The van der Waals surface area contributed by atoms with Crippen LogP contribution in [0.15, 0.2) is 78.9 Å². The van der Waals surface area contributed by atoms with Crippen molar-refractivity contribution < 1.29 is 18.3 Å². The number of hydrogen-bond donors (Lipinski definition) is 2. The molecule has 216 valence electrons. The Morgan fingerprint density at radius 3 is 2.29 bits per heavy atom. The zero-order valence-electron chi connectivity index (χ0n) is 23.3. The number of carbonyl (C=O) groups is 1. The summed E-state index contributed by atoms with van der Waals surface area (Å²) >= 11 is 0. The van der Waals surface area contributed by atoms with Crippen LogP contribution in [0, 0.1) is 0 Å². The van der Waals surface area contributed by atoms with E-state index in [0.29, 0.717) is 18.8 Å². The van der Waals surface area contributed by atoms with Crippen LogP contribution in [-0.2, 0) is 21.2 Å². The van der Waals surface area contributed by atoms with E-state index in [2.05, 4.69) is 43.7 Å². The molecule has 3 aliphatic rings. The molecule has 6 rings (SSSR count). The van der Waals surface area contributed by atoms with Gasteiger partial charge < -0.3 is 19.8 Å². The van der Waals surface area contributed by atoms with Crippen molar-refractivity contribution in [3.63, 3.8) is 0 Å². The molecule has 3 heterocycles. The number of para-hydroxylation sites is 2. The maximum atomic E-state index is 14.1. The molecule has 3 aromatic carbocycles. The summed E-state index contributed by atoms with van der Waals surface area (Å²) in [7, 11) is -3.38. The molecule has 0 aromatic heterocycles. The van der Waals surface area contributed by atoms with E-state index in [1.54, 1.807) is 24.3 Å². The van der Waals surface area contributed by atoms with Crippen LogP contribution in [0.25, 0.3) is 0 Å². The minimum Gasteiger partial charge on any atom is -0.373 e. The van der Waals surface area contributed by atoms with Crippen LogP contribution in [0.3, 0.4) is 0 Å². The van der Waals surface area contributed by atoms with E-state index in [4.69, 9.17) is 0 Å². The topological polar surface area (TPSA) is 96.4 Å². The molecule has 0 bridgehead atoms. The number of nitrogens with zero attached hydrogens (tertiary/aromatic N) is 4. The lowest BCUT2D eigenvalue weighted by Gasteiger charge is -2.43. The van der Waals surface area contributed by atoms with Crippen molar-refractivity contribution in [2.24, 2.45) is 0 Å². The van der Waals surface area contributed by atoms with Gasteiger partial charge in [-0.25, -0.2) is 8.42 Å². The van der Waals surface area contributed by atoms with E-state index in [-0.39, 0.29) is 5.91 Å². The number of aliphatic hydroxyl groups is 1. The highest BCUT2D eigenvalue weighted by Crippen LogP contribution is 2.41. The van der Waals surface area contributed by atoms with Crippen LogP contribution in [-0.4, -0.2) is 75.2 Å². The quantitative estimate of drug-likeness (QED) is 0.425. The second-order valence-electron chi connectivity index (χ2n) is 11.3. The van der Waals surface area contributed by atoms with Crippen LogP contribution < -0.4 is 19.4 Å². The third kappa shape index (κ3) is 5.51. The molecule has 0 aliphatic carbocycles. The highest BCUT2D eigenvalue weighted by atomic mass is 32.2. The summed E-state index contributed by atoms with van der Waals surface area (Å²) in [6.45, 7) is 3.79. The number of benzene rings is 3. The Bertz CT molecular complexity index is 1490. The number of hydrogen-bond acceptors (Lipinski definition) is 7. The number of nitrogens with one attached hydrogen (secondary N) is 1. The molecule has 2 saturated heterocycles. The fraction of sp³-hybridized carbons (Fsp3) is 0.387. The van der Waals surface area contributed by atoms with E-state index >= 15 is 0 Å². The molecule has 9 nitrogen and oxygen atoms in total. The molecular formula is C31H37N5O4S. The SMILES string of the molecule is CS(=O)(=O)Nc1ccc(N2CN(c3ccccc3)C3(CCN(CCCN4c5ccccc5CC4O)CC3)C2=O)cc1. The second-order valence-corrected chi connectivity index (χ2v) is 13.0. The molecule has 1 unspecified atom stereocenters. The molecule has 2 fully saturated rings. The summed E-state index contributed by atoms with van der Waals surface area (Å²) in [5.41, 5.74) is 3.94. The Kier molecular flexibility index (Phi) is 7.39. The summed E-state index contributed by atoms with van der Waals surface area (Å²) in [5, 5.41) is 10.6. The highest BCUT2D eigenvalue weighted by Gasteiger charge is 2.54. The zero-order chi connectivity index (χ0) is 28.6. The second kappa shape index (κ2) is 11.0. The normalized spacial score (nSPS) is 20.6. The fourth-order valence-electron chi connectivity index (χ4n) is 6.56. The molecule has 0 radical (unpaired) electrons. The third-order valence-corrected chi connectivity index (χ3v) is 9.22. The van der Waals surface area contributed by atoms with Gasteiger partial charge in [0.2, 0.25) is 10.0 Å². The maximum absolute atomic E-state index is 14.1. The predicted octanol–water partition coefficient (Wildman–Crippen LogP) is 3.47. The van der Waals surface area contributed by atoms with E-state index in [9.17, 15) is 18.3 Å². The fourth-order valence-corrected chi connectivity index (χ4v) is 7.13. The summed E-state index contributed by atoms with van der Waals surface area (Å²) in [6, 6.07) is 25.3. The molecule has 0 saturated carbocycles. The first-order valence-corrected chi connectivity index (χ1v) is 16.1. The molecule has 10 heteroatoms. The van der Waals surface area contributed by atoms with E-state index in [0.717, 1.165) is 68.8 Å². The van der Waals surface area contributed by atoms with Crippen molar-refractivity contribution in [2.75, 3.05) is 58.5 Å². The van der Waals surface area contributed by atoms with Gasteiger partial charge >= 0.3 is 0 Å². The highest BCUT2D eigenvalue weighted by molar-refractivity contribution is 7.92. The molecule has 1 atom stereocenters. The molecule has 1 amide bonds. The van der Waals surface area contributed by atoms with Gasteiger partial charge in [-0.3, -0.25) is 14.4 Å². The number of likely N-dealkylation sites (tertiary alicyclic amines) is 1. The summed E-state index contributed by atoms with van der Waals surface area (Å²) in [6.07, 6.45) is 3.71. The summed E-state index contributed by atoms with van der Waals surface area (Å²) in [4.78, 5) is 22.7. The van der Waals surface area contributed by atoms with Crippen molar-refractivity contribution in [3.8, 4) is 0 Å². The lowest BCUT2D eigenvalue weighted by Crippen LogP contribution is -2.56. The van der Waals surface area contributed by atoms with Crippen LogP contribution in [0.4, 0.5) is 22.7 Å². The van der Waals surface area contributed by atoms with Gasteiger partial charge in [0.1, 0.15) is 11.8 Å². The smallest absolute Gasteiger partial charge is 0.254 e. The van der Waals surface area contributed by atoms with Crippen molar-refractivity contribution in [2.45, 2.75) is 37.5 Å². The van der Waals surface area contributed by atoms with Crippen LogP contribution in [0.2, 0.25) is 0 Å². The van der Waals surface area contributed by atoms with Gasteiger partial charge in [-0.05, 0) is 73.8 Å². The van der Waals surface area contributed by atoms with E-state index in [1.165, 1.54) is 5.56 Å². The Hall–Kier alpha value is -3.60. The molecule has 2 N–H and O–H groups in total. The number of rotatable bonds is 8. The number of fused-ring (bicyclic) bond motifs is 1. The monoisotopic (exact) mass is 575 g/mol. The van der Waals surface area contributed by atoms with E-state index < -0.39 is 21.8 Å². The van der Waals surface area contributed by atoms with Crippen LogP contribution in [0.5, 0.6) is 0 Å². The summed E-state index contributed by atoms with van der Waals surface area (Å²) in [5.74, 6) is 0.0848. The Balaban J connectivity index is 1.14. The van der Waals surface area contributed by atoms with Gasteiger partial charge in [0.25, 0.3) is 5.91 Å². The maximum Gasteiger partial charge on any atom is 0.254 e. The lowest BCUT2D eigenvalue weighted by molar-refractivity contribution is -0.123. The van der Waals surface area contributed by atoms with Gasteiger partial charge in [-0.1, -0.05) is 36.4 Å². The molecular weight excluding hydrogens is 538 g/mol. The molecule has 3 aromatic rings. The van der Waals surface area contributed by atoms with Crippen LogP contribution in [0.1, 0.15) is 24.8 Å². The van der Waals surface area contributed by atoms with E-state index in [1.807, 2.05) is 35.2 Å². The van der Waals surface area contributed by atoms with Crippen molar-refractivity contribution in [1.29, 1.82) is 0 Å².